The zero-order chi connectivity index (χ0) is 19.9. The Morgan fingerprint density at radius 2 is 1.86 bits per heavy atom. The number of carbonyl (C=O) groups is 3. The van der Waals surface area contributed by atoms with Crippen LogP contribution < -0.4 is 26.0 Å². The van der Waals surface area contributed by atoms with E-state index in [-0.39, 0.29) is 37.1 Å². The van der Waals surface area contributed by atoms with Gasteiger partial charge < -0.3 is 26.0 Å². The number of carbonyl (C=O) groups excluding carboxylic acids is 3. The molecule has 2 aromatic carbocycles. The highest BCUT2D eigenvalue weighted by Gasteiger charge is 2.26. The standard InChI is InChI=1S/C20H22N4O4/c21-11-12-28-15-7-5-14(6-8-15)22-18(25)9-10-20(27)24-13-19(26)23-16-3-1-2-4-17(16)24/h1-8H,9-13,21H2,(H,22,25)(H,23,26). The first-order valence-electron chi connectivity index (χ1n) is 8.99. The number of rotatable bonds is 7. The Kier molecular flexibility index (Phi) is 6.23. The first-order valence-corrected chi connectivity index (χ1v) is 8.99. The highest BCUT2D eigenvalue weighted by Crippen LogP contribution is 2.29. The van der Waals surface area contributed by atoms with Crippen molar-refractivity contribution < 1.29 is 19.1 Å². The van der Waals surface area contributed by atoms with Gasteiger partial charge in [0.25, 0.3) is 0 Å². The number of amides is 3. The summed E-state index contributed by atoms with van der Waals surface area (Å²) in [5.41, 5.74) is 7.22. The Morgan fingerprint density at radius 3 is 2.61 bits per heavy atom. The molecule has 0 saturated carbocycles. The van der Waals surface area contributed by atoms with Crippen LogP contribution in [0.5, 0.6) is 5.75 Å². The second kappa shape index (κ2) is 9.01. The van der Waals surface area contributed by atoms with Gasteiger partial charge in [0.05, 0.1) is 11.4 Å². The second-order valence-corrected chi connectivity index (χ2v) is 6.25. The topological polar surface area (TPSA) is 114 Å². The van der Waals surface area contributed by atoms with Crippen molar-refractivity contribution in [2.75, 3.05) is 35.2 Å². The predicted molar refractivity (Wildman–Crippen MR) is 106 cm³/mol. The molecule has 0 saturated heterocycles. The molecule has 1 heterocycles. The summed E-state index contributed by atoms with van der Waals surface area (Å²) in [5, 5.41) is 5.47. The van der Waals surface area contributed by atoms with E-state index < -0.39 is 0 Å². The van der Waals surface area contributed by atoms with Crippen LogP contribution in [0.15, 0.2) is 48.5 Å². The molecule has 0 spiro atoms. The maximum Gasteiger partial charge on any atom is 0.244 e. The minimum absolute atomic E-state index is 0.00510. The van der Waals surface area contributed by atoms with Gasteiger partial charge in [-0.3, -0.25) is 14.4 Å². The molecule has 0 bridgehead atoms. The lowest BCUT2D eigenvalue weighted by Gasteiger charge is -2.29. The van der Waals surface area contributed by atoms with Crippen molar-refractivity contribution in [3.63, 3.8) is 0 Å². The molecule has 8 heteroatoms. The van der Waals surface area contributed by atoms with E-state index in [1.807, 2.05) is 0 Å². The van der Waals surface area contributed by atoms with Crippen LogP contribution in [0.4, 0.5) is 17.1 Å². The fourth-order valence-corrected chi connectivity index (χ4v) is 2.85. The van der Waals surface area contributed by atoms with Crippen molar-refractivity contribution in [3.05, 3.63) is 48.5 Å². The van der Waals surface area contributed by atoms with Gasteiger partial charge in [-0.2, -0.15) is 0 Å². The summed E-state index contributed by atoms with van der Waals surface area (Å²) in [5.74, 6) is -0.143. The van der Waals surface area contributed by atoms with E-state index in [9.17, 15) is 14.4 Å². The number of anilines is 3. The SMILES string of the molecule is NCCOc1ccc(NC(=O)CCC(=O)N2CC(=O)Nc3ccccc32)cc1. The predicted octanol–water partition coefficient (Wildman–Crippen LogP) is 1.73. The lowest BCUT2D eigenvalue weighted by molar-refractivity contribution is -0.124. The van der Waals surface area contributed by atoms with Crippen molar-refractivity contribution in [2.45, 2.75) is 12.8 Å². The molecule has 1 aliphatic rings. The van der Waals surface area contributed by atoms with Crippen LogP contribution in [0.2, 0.25) is 0 Å². The summed E-state index contributed by atoms with van der Waals surface area (Å²) < 4.78 is 5.38. The molecule has 2 aromatic rings. The minimum Gasteiger partial charge on any atom is -0.492 e. The van der Waals surface area contributed by atoms with Gasteiger partial charge in [-0.15, -0.1) is 0 Å². The fourth-order valence-electron chi connectivity index (χ4n) is 2.85. The summed E-state index contributed by atoms with van der Waals surface area (Å²) in [4.78, 5) is 37.9. The van der Waals surface area contributed by atoms with Crippen molar-refractivity contribution in [1.29, 1.82) is 0 Å². The molecule has 0 aliphatic carbocycles. The first-order chi connectivity index (χ1) is 13.6. The second-order valence-electron chi connectivity index (χ2n) is 6.25. The first kappa shape index (κ1) is 19.4. The molecule has 1 aliphatic heterocycles. The lowest BCUT2D eigenvalue weighted by atomic mass is 10.1. The summed E-state index contributed by atoms with van der Waals surface area (Å²) in [6.07, 6.45) is 0.0235. The molecule has 0 atom stereocenters. The molecular formula is C20H22N4O4. The van der Waals surface area contributed by atoms with E-state index in [4.69, 9.17) is 10.5 Å². The average Bonchev–Trinajstić information content (AvgIpc) is 2.71. The van der Waals surface area contributed by atoms with Gasteiger partial charge in [-0.1, -0.05) is 12.1 Å². The molecule has 0 aromatic heterocycles. The van der Waals surface area contributed by atoms with Crippen LogP contribution in [0.3, 0.4) is 0 Å². The number of para-hydroxylation sites is 2. The number of ether oxygens (including phenoxy) is 1. The van der Waals surface area contributed by atoms with Crippen molar-refractivity contribution >= 4 is 34.8 Å². The molecule has 8 nitrogen and oxygen atoms in total. The molecule has 0 radical (unpaired) electrons. The van der Waals surface area contributed by atoms with Crippen LogP contribution >= 0.6 is 0 Å². The third-order valence-corrected chi connectivity index (χ3v) is 4.16. The molecule has 4 N–H and O–H groups in total. The van der Waals surface area contributed by atoms with Gasteiger partial charge in [0.2, 0.25) is 17.7 Å². The summed E-state index contributed by atoms with van der Waals surface area (Å²) in [6.45, 7) is 0.795. The lowest BCUT2D eigenvalue weighted by Crippen LogP contribution is -2.42. The number of nitrogens with one attached hydrogen (secondary N) is 2. The Balaban J connectivity index is 1.53. The maximum absolute atomic E-state index is 12.5. The average molecular weight is 382 g/mol. The van der Waals surface area contributed by atoms with Crippen LogP contribution in [-0.4, -0.2) is 37.4 Å². The molecular weight excluding hydrogens is 360 g/mol. The van der Waals surface area contributed by atoms with Gasteiger partial charge in [-0.05, 0) is 36.4 Å². The number of fused-ring (bicyclic) bond motifs is 1. The van der Waals surface area contributed by atoms with Crippen LogP contribution in [0.25, 0.3) is 0 Å². The third-order valence-electron chi connectivity index (χ3n) is 4.16. The van der Waals surface area contributed by atoms with Crippen LogP contribution in [0, 0.1) is 0 Å². The Hall–Kier alpha value is -3.39. The van der Waals surface area contributed by atoms with Crippen molar-refractivity contribution in [1.82, 2.24) is 0 Å². The number of nitrogens with two attached hydrogens (primary N) is 1. The molecule has 0 fully saturated rings. The maximum atomic E-state index is 12.5. The Bertz CT molecular complexity index is 867. The van der Waals surface area contributed by atoms with E-state index in [2.05, 4.69) is 10.6 Å². The highest BCUT2D eigenvalue weighted by molar-refractivity contribution is 6.10. The van der Waals surface area contributed by atoms with Gasteiger partial charge in [-0.25, -0.2) is 0 Å². The minimum atomic E-state index is -0.279. The Morgan fingerprint density at radius 1 is 1.11 bits per heavy atom. The summed E-state index contributed by atoms with van der Waals surface area (Å²) in [6, 6.07) is 14.0. The van der Waals surface area contributed by atoms with Crippen molar-refractivity contribution in [2.24, 2.45) is 5.73 Å². The van der Waals surface area contributed by atoms with Gasteiger partial charge >= 0.3 is 0 Å². The van der Waals surface area contributed by atoms with E-state index in [1.165, 1.54) is 4.90 Å². The molecule has 3 rings (SSSR count). The number of hydrogen-bond acceptors (Lipinski definition) is 5. The quantitative estimate of drug-likeness (QED) is 0.675. The zero-order valence-electron chi connectivity index (χ0n) is 15.3. The summed E-state index contributed by atoms with van der Waals surface area (Å²) >= 11 is 0. The smallest absolute Gasteiger partial charge is 0.244 e. The van der Waals surface area contributed by atoms with Crippen molar-refractivity contribution in [3.8, 4) is 5.75 Å². The van der Waals surface area contributed by atoms with E-state index >= 15 is 0 Å². The molecule has 28 heavy (non-hydrogen) atoms. The normalized spacial score (nSPS) is 12.8. The largest absolute Gasteiger partial charge is 0.492 e. The molecule has 3 amide bonds. The molecule has 146 valence electrons. The van der Waals surface area contributed by atoms with Gasteiger partial charge in [0.15, 0.2) is 0 Å². The van der Waals surface area contributed by atoms with Crippen LogP contribution in [-0.2, 0) is 14.4 Å². The fraction of sp³-hybridized carbons (Fsp3) is 0.250. The van der Waals surface area contributed by atoms with E-state index in [0.29, 0.717) is 36.0 Å². The zero-order valence-corrected chi connectivity index (χ0v) is 15.3. The number of hydrogen-bond donors (Lipinski definition) is 3. The highest BCUT2D eigenvalue weighted by atomic mass is 16.5. The van der Waals surface area contributed by atoms with E-state index in [0.717, 1.165) is 0 Å². The van der Waals surface area contributed by atoms with Gasteiger partial charge in [0, 0.05) is 25.1 Å². The number of benzene rings is 2. The summed E-state index contributed by atoms with van der Waals surface area (Å²) in [7, 11) is 0. The van der Waals surface area contributed by atoms with Gasteiger partial charge in [0.1, 0.15) is 18.9 Å². The van der Waals surface area contributed by atoms with E-state index in [1.54, 1.807) is 48.5 Å². The molecule has 0 unspecified atom stereocenters. The Labute approximate surface area is 162 Å². The number of nitrogens with zero attached hydrogens (tertiary/aromatic N) is 1. The van der Waals surface area contributed by atoms with Crippen LogP contribution in [0.1, 0.15) is 12.8 Å². The monoisotopic (exact) mass is 382 g/mol. The third kappa shape index (κ3) is 4.86.